The first kappa shape index (κ1) is 9.52. The lowest BCUT2D eigenvalue weighted by Crippen LogP contribution is -2.34. The van der Waals surface area contributed by atoms with Gasteiger partial charge in [0.25, 0.3) is 5.91 Å². The van der Waals surface area contributed by atoms with Crippen molar-refractivity contribution >= 4 is 27.5 Å². The zero-order valence-corrected chi connectivity index (χ0v) is 9.30. The lowest BCUT2D eigenvalue weighted by molar-refractivity contribution is -0.122. The number of hydrogen-bond donors (Lipinski definition) is 1. The maximum Gasteiger partial charge on any atom is 0.265 e. The van der Waals surface area contributed by atoms with Crippen LogP contribution in [0.5, 0.6) is 5.75 Å². The summed E-state index contributed by atoms with van der Waals surface area (Å²) < 4.78 is 5.42. The topological polar surface area (TPSA) is 38.3 Å². The van der Waals surface area contributed by atoms with E-state index < -0.39 is 6.10 Å². The molecule has 0 saturated carbocycles. The minimum Gasteiger partial charge on any atom is -0.479 e. The first-order chi connectivity index (χ1) is 6.70. The molecule has 74 valence electrons. The van der Waals surface area contributed by atoms with E-state index in [1.54, 1.807) is 6.92 Å². The number of benzene rings is 1. The van der Waals surface area contributed by atoms with Crippen molar-refractivity contribution in [2.24, 2.45) is 0 Å². The Balaban J connectivity index is 2.37. The van der Waals surface area contributed by atoms with Gasteiger partial charge in [0, 0.05) is 5.33 Å². The number of ether oxygens (including phenoxy) is 1. The molecule has 1 heterocycles. The smallest absolute Gasteiger partial charge is 0.265 e. The van der Waals surface area contributed by atoms with E-state index in [4.69, 9.17) is 4.74 Å². The van der Waals surface area contributed by atoms with Crippen molar-refractivity contribution < 1.29 is 9.53 Å². The SMILES string of the molecule is CC1Oc2ccc(CBr)cc2NC1=O. The summed E-state index contributed by atoms with van der Waals surface area (Å²) in [5.74, 6) is 0.644. The number of amides is 1. The van der Waals surface area contributed by atoms with E-state index in [0.29, 0.717) is 0 Å². The second-order valence-electron chi connectivity index (χ2n) is 3.21. The number of halogens is 1. The van der Waals surface area contributed by atoms with Crippen LogP contribution in [0, 0.1) is 0 Å². The van der Waals surface area contributed by atoms with Crippen molar-refractivity contribution in [1.29, 1.82) is 0 Å². The van der Waals surface area contributed by atoms with Crippen LogP contribution < -0.4 is 10.1 Å². The Kier molecular flexibility index (Phi) is 2.46. The number of nitrogens with one attached hydrogen (secondary N) is 1. The molecule has 0 fully saturated rings. The Morgan fingerprint density at radius 3 is 3.07 bits per heavy atom. The Morgan fingerprint density at radius 1 is 1.57 bits per heavy atom. The van der Waals surface area contributed by atoms with Gasteiger partial charge in [-0.3, -0.25) is 4.79 Å². The van der Waals surface area contributed by atoms with Gasteiger partial charge in [0.2, 0.25) is 0 Å². The zero-order chi connectivity index (χ0) is 10.1. The molecule has 1 aromatic carbocycles. The molecule has 1 aliphatic heterocycles. The highest BCUT2D eigenvalue weighted by atomic mass is 79.9. The largest absolute Gasteiger partial charge is 0.479 e. The lowest BCUT2D eigenvalue weighted by Gasteiger charge is -2.23. The third kappa shape index (κ3) is 1.62. The maximum atomic E-state index is 11.3. The highest BCUT2D eigenvalue weighted by Gasteiger charge is 2.23. The van der Waals surface area contributed by atoms with Gasteiger partial charge in [-0.25, -0.2) is 0 Å². The second-order valence-corrected chi connectivity index (χ2v) is 3.77. The Labute approximate surface area is 90.6 Å². The lowest BCUT2D eigenvalue weighted by atomic mass is 10.1. The fourth-order valence-corrected chi connectivity index (χ4v) is 1.69. The van der Waals surface area contributed by atoms with Gasteiger partial charge in [-0.2, -0.15) is 0 Å². The summed E-state index contributed by atoms with van der Waals surface area (Å²) >= 11 is 3.36. The van der Waals surface area contributed by atoms with E-state index >= 15 is 0 Å². The van der Waals surface area contributed by atoms with Crippen LogP contribution in [0.1, 0.15) is 12.5 Å². The van der Waals surface area contributed by atoms with Crippen LogP contribution in [0.2, 0.25) is 0 Å². The highest BCUT2D eigenvalue weighted by molar-refractivity contribution is 9.08. The normalized spacial score (nSPS) is 19.6. The van der Waals surface area contributed by atoms with Crippen molar-refractivity contribution in [2.75, 3.05) is 5.32 Å². The number of fused-ring (bicyclic) bond motifs is 1. The minimum absolute atomic E-state index is 0.0933. The van der Waals surface area contributed by atoms with Gasteiger partial charge in [0.1, 0.15) is 5.75 Å². The molecule has 1 N–H and O–H groups in total. The fourth-order valence-electron chi connectivity index (χ4n) is 1.34. The number of carbonyl (C=O) groups is 1. The summed E-state index contributed by atoms with van der Waals surface area (Å²) in [5, 5.41) is 3.57. The molecule has 2 rings (SSSR count). The van der Waals surface area contributed by atoms with Crippen molar-refractivity contribution in [3.8, 4) is 5.75 Å². The van der Waals surface area contributed by atoms with Crippen LogP contribution in [-0.2, 0) is 10.1 Å². The number of anilines is 1. The van der Waals surface area contributed by atoms with Gasteiger partial charge in [-0.15, -0.1) is 0 Å². The molecule has 0 radical (unpaired) electrons. The molecule has 1 aliphatic rings. The van der Waals surface area contributed by atoms with E-state index in [-0.39, 0.29) is 5.91 Å². The molecule has 0 bridgehead atoms. The first-order valence-corrected chi connectivity index (χ1v) is 5.49. The van der Waals surface area contributed by atoms with Crippen molar-refractivity contribution in [1.82, 2.24) is 0 Å². The van der Waals surface area contributed by atoms with Crippen LogP contribution in [0.25, 0.3) is 0 Å². The van der Waals surface area contributed by atoms with Gasteiger partial charge in [-0.05, 0) is 24.6 Å². The molecular weight excluding hydrogens is 246 g/mol. The molecular formula is C10H10BrNO2. The summed E-state index contributed by atoms with van der Waals surface area (Å²) in [6.07, 6.45) is -0.405. The average molecular weight is 256 g/mol. The second kappa shape index (κ2) is 3.61. The monoisotopic (exact) mass is 255 g/mol. The molecule has 1 atom stereocenters. The van der Waals surface area contributed by atoms with Gasteiger partial charge in [-0.1, -0.05) is 22.0 Å². The van der Waals surface area contributed by atoms with E-state index in [1.807, 2.05) is 18.2 Å². The van der Waals surface area contributed by atoms with Crippen LogP contribution in [0.4, 0.5) is 5.69 Å². The van der Waals surface area contributed by atoms with Crippen LogP contribution in [0.15, 0.2) is 18.2 Å². The predicted molar refractivity (Wildman–Crippen MR) is 57.8 cm³/mol. The molecule has 1 amide bonds. The van der Waals surface area contributed by atoms with Crippen LogP contribution in [-0.4, -0.2) is 12.0 Å². The van der Waals surface area contributed by atoms with Gasteiger partial charge < -0.3 is 10.1 Å². The van der Waals surface area contributed by atoms with Gasteiger partial charge in [0.15, 0.2) is 6.10 Å². The fraction of sp³-hybridized carbons (Fsp3) is 0.300. The quantitative estimate of drug-likeness (QED) is 0.783. The molecule has 0 spiro atoms. The summed E-state index contributed by atoms with van der Waals surface area (Å²) in [4.78, 5) is 11.3. The van der Waals surface area contributed by atoms with Crippen molar-refractivity contribution in [2.45, 2.75) is 18.4 Å². The van der Waals surface area contributed by atoms with E-state index in [2.05, 4.69) is 21.2 Å². The van der Waals surface area contributed by atoms with Gasteiger partial charge in [0.05, 0.1) is 5.69 Å². The van der Waals surface area contributed by atoms with Crippen LogP contribution in [0.3, 0.4) is 0 Å². The average Bonchev–Trinajstić information content (AvgIpc) is 2.19. The number of hydrogen-bond acceptors (Lipinski definition) is 2. The molecule has 3 nitrogen and oxygen atoms in total. The van der Waals surface area contributed by atoms with Crippen molar-refractivity contribution in [3.05, 3.63) is 23.8 Å². The predicted octanol–water partition coefficient (Wildman–Crippen LogP) is 2.30. The molecule has 4 heteroatoms. The van der Waals surface area contributed by atoms with Gasteiger partial charge >= 0.3 is 0 Å². The third-order valence-corrected chi connectivity index (χ3v) is 2.78. The number of alkyl halides is 1. The molecule has 0 aromatic heterocycles. The molecule has 14 heavy (non-hydrogen) atoms. The van der Waals surface area contributed by atoms with E-state index in [9.17, 15) is 4.79 Å². The number of rotatable bonds is 1. The minimum atomic E-state index is -0.405. The van der Waals surface area contributed by atoms with Crippen molar-refractivity contribution in [3.63, 3.8) is 0 Å². The summed E-state index contributed by atoms with van der Waals surface area (Å²) in [6, 6.07) is 5.76. The molecule has 1 aromatic rings. The summed E-state index contributed by atoms with van der Waals surface area (Å²) in [6.45, 7) is 1.73. The van der Waals surface area contributed by atoms with E-state index in [1.165, 1.54) is 0 Å². The Hall–Kier alpha value is -1.03. The molecule has 1 unspecified atom stereocenters. The third-order valence-electron chi connectivity index (χ3n) is 2.13. The maximum absolute atomic E-state index is 11.3. The summed E-state index contributed by atoms with van der Waals surface area (Å²) in [5.41, 5.74) is 1.87. The first-order valence-electron chi connectivity index (χ1n) is 4.37. The highest BCUT2D eigenvalue weighted by Crippen LogP contribution is 2.30. The number of carbonyl (C=O) groups excluding carboxylic acids is 1. The molecule has 0 saturated heterocycles. The zero-order valence-electron chi connectivity index (χ0n) is 7.71. The van der Waals surface area contributed by atoms with E-state index in [0.717, 1.165) is 22.3 Å². The Morgan fingerprint density at radius 2 is 2.36 bits per heavy atom. The Bertz CT molecular complexity index is 378. The standard InChI is InChI=1S/C10H10BrNO2/c1-6-10(13)12-8-4-7(5-11)2-3-9(8)14-6/h2-4,6H,5H2,1H3,(H,12,13). The molecule has 0 aliphatic carbocycles. The van der Waals surface area contributed by atoms with Crippen LogP contribution >= 0.6 is 15.9 Å². The summed E-state index contributed by atoms with van der Waals surface area (Å²) in [7, 11) is 0.